The van der Waals surface area contributed by atoms with Crippen molar-refractivity contribution in [3.63, 3.8) is 0 Å². The van der Waals surface area contributed by atoms with E-state index in [0.29, 0.717) is 22.9 Å². The van der Waals surface area contributed by atoms with Gasteiger partial charge in [-0.05, 0) is 36.4 Å². The molecule has 104 valence electrons. The number of benzene rings is 2. The lowest BCUT2D eigenvalue weighted by atomic mass is 10.2. The molecular formula is C15H13ClO3S. The van der Waals surface area contributed by atoms with Crippen LogP contribution in [0.1, 0.15) is 10.4 Å². The first-order valence-electron chi connectivity index (χ1n) is 6.00. The molecule has 0 radical (unpaired) electrons. The fraction of sp³-hybridized carbons (Fsp3) is 0.133. The third-order valence-corrected chi connectivity index (χ3v) is 3.83. The number of halogens is 1. The van der Waals surface area contributed by atoms with Gasteiger partial charge in [-0.3, -0.25) is 0 Å². The molecule has 0 aliphatic rings. The predicted octanol–water partition coefficient (Wildman–Crippen LogP) is 4.21. The van der Waals surface area contributed by atoms with Crippen molar-refractivity contribution in [2.24, 2.45) is 0 Å². The minimum Gasteiger partial charge on any atom is -0.493 e. The van der Waals surface area contributed by atoms with E-state index in [1.807, 2.05) is 6.07 Å². The summed E-state index contributed by atoms with van der Waals surface area (Å²) in [5.74, 6) is 0.514. The number of carboxylic acids is 1. The summed E-state index contributed by atoms with van der Waals surface area (Å²) in [5, 5.41) is 9.74. The molecule has 3 nitrogen and oxygen atoms in total. The lowest BCUT2D eigenvalue weighted by molar-refractivity contribution is 0.0693. The van der Waals surface area contributed by atoms with Crippen molar-refractivity contribution >= 4 is 29.3 Å². The van der Waals surface area contributed by atoms with E-state index < -0.39 is 5.97 Å². The molecule has 0 bridgehead atoms. The number of aromatic carboxylic acids is 1. The molecule has 1 N–H and O–H groups in total. The van der Waals surface area contributed by atoms with Crippen molar-refractivity contribution < 1.29 is 14.6 Å². The van der Waals surface area contributed by atoms with Crippen molar-refractivity contribution in [1.82, 2.24) is 0 Å². The highest BCUT2D eigenvalue weighted by molar-refractivity contribution is 7.99. The quantitative estimate of drug-likeness (QED) is 0.641. The van der Waals surface area contributed by atoms with Gasteiger partial charge in [0.2, 0.25) is 0 Å². The van der Waals surface area contributed by atoms with Crippen LogP contribution in [0.15, 0.2) is 53.4 Å². The van der Waals surface area contributed by atoms with Crippen LogP contribution >= 0.6 is 23.4 Å². The normalized spacial score (nSPS) is 10.2. The van der Waals surface area contributed by atoms with Crippen molar-refractivity contribution in [2.75, 3.05) is 12.4 Å². The highest BCUT2D eigenvalue weighted by Crippen LogP contribution is 2.23. The number of hydrogen-bond donors (Lipinski definition) is 1. The molecule has 0 aromatic heterocycles. The summed E-state index contributed by atoms with van der Waals surface area (Å²) in [6.07, 6.45) is 0. The zero-order valence-corrected chi connectivity index (χ0v) is 12.2. The number of thioether (sulfide) groups is 1. The number of carbonyl (C=O) groups is 1. The van der Waals surface area contributed by atoms with Gasteiger partial charge in [0.1, 0.15) is 5.75 Å². The summed E-state index contributed by atoms with van der Waals surface area (Å²) in [6, 6.07) is 14.1. The van der Waals surface area contributed by atoms with Gasteiger partial charge in [0.25, 0.3) is 0 Å². The van der Waals surface area contributed by atoms with E-state index in [0.717, 1.165) is 10.6 Å². The first-order chi connectivity index (χ1) is 9.66. The predicted molar refractivity (Wildman–Crippen MR) is 81.1 cm³/mol. The Morgan fingerprint density at radius 3 is 2.55 bits per heavy atom. The smallest absolute Gasteiger partial charge is 0.336 e. The first-order valence-corrected chi connectivity index (χ1v) is 7.36. The first kappa shape index (κ1) is 14.8. The molecule has 0 saturated heterocycles. The van der Waals surface area contributed by atoms with Crippen LogP contribution in [0.2, 0.25) is 5.02 Å². The standard InChI is InChI=1S/C15H13ClO3S/c16-11-5-7-12(8-6-11)19-9-10-20-14-4-2-1-3-13(14)15(17)18/h1-8H,9-10H2,(H,17,18). The fourth-order valence-electron chi connectivity index (χ4n) is 1.61. The van der Waals surface area contributed by atoms with E-state index in [4.69, 9.17) is 21.4 Å². The third-order valence-electron chi connectivity index (χ3n) is 2.54. The lowest BCUT2D eigenvalue weighted by Crippen LogP contribution is -2.02. The Morgan fingerprint density at radius 2 is 1.85 bits per heavy atom. The molecule has 0 heterocycles. The largest absolute Gasteiger partial charge is 0.493 e. The molecule has 2 aromatic rings. The average Bonchev–Trinajstić information content (AvgIpc) is 2.46. The van der Waals surface area contributed by atoms with Gasteiger partial charge in [-0.25, -0.2) is 4.79 Å². The van der Waals surface area contributed by atoms with E-state index in [2.05, 4.69) is 0 Å². The van der Waals surface area contributed by atoms with Gasteiger partial charge in [-0.15, -0.1) is 11.8 Å². The highest BCUT2D eigenvalue weighted by atomic mass is 35.5. The summed E-state index contributed by atoms with van der Waals surface area (Å²) >= 11 is 7.25. The van der Waals surface area contributed by atoms with Crippen molar-refractivity contribution in [2.45, 2.75) is 4.90 Å². The summed E-state index contributed by atoms with van der Waals surface area (Å²) in [4.78, 5) is 11.8. The molecule has 0 spiro atoms. The Bertz CT molecular complexity index is 584. The van der Waals surface area contributed by atoms with Crippen molar-refractivity contribution in [3.8, 4) is 5.75 Å². The number of ether oxygens (including phenoxy) is 1. The van der Waals surface area contributed by atoms with E-state index in [1.165, 1.54) is 11.8 Å². The molecule has 0 unspecified atom stereocenters. The van der Waals surface area contributed by atoms with Gasteiger partial charge in [-0.1, -0.05) is 23.7 Å². The monoisotopic (exact) mass is 308 g/mol. The zero-order valence-electron chi connectivity index (χ0n) is 10.6. The molecule has 0 fully saturated rings. The second kappa shape index (κ2) is 7.22. The van der Waals surface area contributed by atoms with E-state index >= 15 is 0 Å². The van der Waals surface area contributed by atoms with Crippen LogP contribution in [-0.4, -0.2) is 23.4 Å². The molecule has 2 aromatic carbocycles. The molecule has 20 heavy (non-hydrogen) atoms. The number of rotatable bonds is 6. The van der Waals surface area contributed by atoms with Crippen LogP contribution in [0.3, 0.4) is 0 Å². The van der Waals surface area contributed by atoms with Crippen LogP contribution in [0.5, 0.6) is 5.75 Å². The van der Waals surface area contributed by atoms with Crippen LogP contribution in [0.25, 0.3) is 0 Å². The van der Waals surface area contributed by atoms with E-state index in [9.17, 15) is 4.79 Å². The molecule has 0 amide bonds. The van der Waals surface area contributed by atoms with Crippen LogP contribution in [-0.2, 0) is 0 Å². The van der Waals surface area contributed by atoms with Gasteiger partial charge in [0.15, 0.2) is 0 Å². The fourth-order valence-corrected chi connectivity index (χ4v) is 2.61. The second-order valence-electron chi connectivity index (χ2n) is 3.95. The number of hydrogen-bond acceptors (Lipinski definition) is 3. The molecule has 0 aliphatic heterocycles. The van der Waals surface area contributed by atoms with Crippen LogP contribution in [0, 0.1) is 0 Å². The van der Waals surface area contributed by atoms with Crippen LogP contribution < -0.4 is 4.74 Å². The summed E-state index contributed by atoms with van der Waals surface area (Å²) in [7, 11) is 0. The van der Waals surface area contributed by atoms with E-state index in [1.54, 1.807) is 42.5 Å². The second-order valence-corrected chi connectivity index (χ2v) is 5.53. The molecule has 0 aliphatic carbocycles. The summed E-state index contributed by atoms with van der Waals surface area (Å²) in [6.45, 7) is 0.500. The van der Waals surface area contributed by atoms with Gasteiger partial charge < -0.3 is 9.84 Å². The Kier molecular flexibility index (Phi) is 5.32. The lowest BCUT2D eigenvalue weighted by Gasteiger charge is -2.07. The molecule has 0 atom stereocenters. The van der Waals surface area contributed by atoms with Crippen LogP contribution in [0.4, 0.5) is 0 Å². The van der Waals surface area contributed by atoms with Crippen molar-refractivity contribution in [3.05, 3.63) is 59.1 Å². The Morgan fingerprint density at radius 1 is 1.15 bits per heavy atom. The number of carboxylic acid groups (broad SMARTS) is 1. The van der Waals surface area contributed by atoms with Gasteiger partial charge in [0, 0.05) is 15.7 Å². The molecular weight excluding hydrogens is 296 g/mol. The highest BCUT2D eigenvalue weighted by Gasteiger charge is 2.08. The Labute approximate surface area is 126 Å². The SMILES string of the molecule is O=C(O)c1ccccc1SCCOc1ccc(Cl)cc1. The average molecular weight is 309 g/mol. The van der Waals surface area contributed by atoms with E-state index in [-0.39, 0.29) is 0 Å². The van der Waals surface area contributed by atoms with Gasteiger partial charge in [-0.2, -0.15) is 0 Å². The van der Waals surface area contributed by atoms with Gasteiger partial charge >= 0.3 is 5.97 Å². The molecule has 5 heteroatoms. The maximum absolute atomic E-state index is 11.1. The molecule has 0 saturated carbocycles. The zero-order chi connectivity index (χ0) is 14.4. The molecule has 2 rings (SSSR count). The maximum atomic E-state index is 11.1. The minimum atomic E-state index is -0.910. The topological polar surface area (TPSA) is 46.5 Å². The summed E-state index contributed by atoms with van der Waals surface area (Å²) in [5.41, 5.74) is 0.323. The third kappa shape index (κ3) is 4.18. The minimum absolute atomic E-state index is 0.323. The summed E-state index contributed by atoms with van der Waals surface area (Å²) < 4.78 is 5.56. The van der Waals surface area contributed by atoms with Gasteiger partial charge in [0.05, 0.1) is 12.2 Å². The maximum Gasteiger partial charge on any atom is 0.336 e. The Hall–Kier alpha value is -1.65. The van der Waals surface area contributed by atoms with Crippen molar-refractivity contribution in [1.29, 1.82) is 0 Å². The Balaban J connectivity index is 1.84.